The van der Waals surface area contributed by atoms with E-state index < -0.39 is 0 Å². The highest BCUT2D eigenvalue weighted by atomic mass is 79.9. The molecule has 0 spiro atoms. The summed E-state index contributed by atoms with van der Waals surface area (Å²) in [6, 6.07) is 2.71. The lowest BCUT2D eigenvalue weighted by atomic mass is 9.94. The van der Waals surface area contributed by atoms with Crippen LogP contribution in [0.15, 0.2) is 21.2 Å². The van der Waals surface area contributed by atoms with Gasteiger partial charge in [0, 0.05) is 23.8 Å². The summed E-state index contributed by atoms with van der Waals surface area (Å²) >= 11 is 7.01. The molecule has 1 saturated carbocycles. The Kier molecular flexibility index (Phi) is 4.25. The van der Waals surface area contributed by atoms with E-state index in [9.17, 15) is 0 Å². The van der Waals surface area contributed by atoms with Crippen molar-refractivity contribution in [3.63, 3.8) is 0 Å². The second-order valence-electron chi connectivity index (χ2n) is 4.36. The fourth-order valence-electron chi connectivity index (χ4n) is 2.31. The van der Waals surface area contributed by atoms with Gasteiger partial charge in [0.25, 0.3) is 0 Å². The van der Waals surface area contributed by atoms with Gasteiger partial charge in [-0.2, -0.15) is 0 Å². The number of pyridine rings is 1. The number of hydrogen-bond donors (Lipinski definition) is 0. The molecule has 88 valence electrons. The first kappa shape index (κ1) is 12.4. The van der Waals surface area contributed by atoms with Crippen molar-refractivity contribution < 1.29 is 0 Å². The Bertz CT molecular complexity index is 362. The molecule has 2 rings (SSSR count). The second kappa shape index (κ2) is 5.50. The summed E-state index contributed by atoms with van der Waals surface area (Å²) in [5, 5.41) is 0. The normalized spacial score (nSPS) is 17.4. The van der Waals surface area contributed by atoms with Crippen LogP contribution in [-0.2, 0) is 0 Å². The number of halogens is 2. The summed E-state index contributed by atoms with van der Waals surface area (Å²) in [6.07, 6.45) is 8.53. The Balaban J connectivity index is 2.15. The summed E-state index contributed by atoms with van der Waals surface area (Å²) in [5.41, 5.74) is 0. The molecule has 1 aromatic heterocycles. The van der Waals surface area contributed by atoms with Crippen LogP contribution in [0.2, 0.25) is 0 Å². The fraction of sp³-hybridized carbons (Fsp3) is 0.583. The van der Waals surface area contributed by atoms with E-state index in [1.807, 2.05) is 6.20 Å². The molecule has 0 bridgehead atoms. The van der Waals surface area contributed by atoms with Crippen molar-refractivity contribution in [2.45, 2.75) is 38.1 Å². The molecule has 0 amide bonds. The third-order valence-electron chi connectivity index (χ3n) is 3.24. The van der Waals surface area contributed by atoms with Crippen LogP contribution < -0.4 is 4.90 Å². The van der Waals surface area contributed by atoms with E-state index in [0.717, 1.165) is 14.8 Å². The molecule has 1 aliphatic carbocycles. The molecular formula is C12H16Br2N2. The minimum absolute atomic E-state index is 0.652. The molecule has 4 heteroatoms. The molecule has 1 heterocycles. The van der Waals surface area contributed by atoms with E-state index in [2.05, 4.69) is 54.9 Å². The zero-order valence-corrected chi connectivity index (χ0v) is 12.6. The van der Waals surface area contributed by atoms with Gasteiger partial charge in [0.05, 0.1) is 4.47 Å². The van der Waals surface area contributed by atoms with Crippen molar-refractivity contribution in [3.8, 4) is 0 Å². The van der Waals surface area contributed by atoms with Crippen molar-refractivity contribution in [2.24, 2.45) is 0 Å². The maximum atomic E-state index is 4.49. The van der Waals surface area contributed by atoms with Gasteiger partial charge in [-0.25, -0.2) is 4.98 Å². The van der Waals surface area contributed by atoms with E-state index in [1.165, 1.54) is 32.1 Å². The van der Waals surface area contributed by atoms with Crippen LogP contribution >= 0.6 is 31.9 Å². The molecule has 0 N–H and O–H groups in total. The van der Waals surface area contributed by atoms with Crippen LogP contribution in [0.5, 0.6) is 0 Å². The summed E-state index contributed by atoms with van der Waals surface area (Å²) in [6.45, 7) is 0. The fourth-order valence-corrected chi connectivity index (χ4v) is 3.58. The summed E-state index contributed by atoms with van der Waals surface area (Å²) < 4.78 is 2.08. The molecule has 1 fully saturated rings. The number of aromatic nitrogens is 1. The monoisotopic (exact) mass is 346 g/mol. The first-order chi connectivity index (χ1) is 7.68. The number of hydrogen-bond acceptors (Lipinski definition) is 2. The highest BCUT2D eigenvalue weighted by molar-refractivity contribution is 9.11. The molecule has 0 radical (unpaired) electrons. The van der Waals surface area contributed by atoms with Crippen LogP contribution in [0.1, 0.15) is 32.1 Å². The highest BCUT2D eigenvalue weighted by Crippen LogP contribution is 2.30. The van der Waals surface area contributed by atoms with E-state index >= 15 is 0 Å². The highest BCUT2D eigenvalue weighted by Gasteiger charge is 2.20. The van der Waals surface area contributed by atoms with E-state index in [4.69, 9.17) is 0 Å². The third-order valence-corrected chi connectivity index (χ3v) is 4.26. The molecule has 2 nitrogen and oxygen atoms in total. The van der Waals surface area contributed by atoms with Gasteiger partial charge in [0.2, 0.25) is 0 Å². The molecule has 0 aromatic carbocycles. The number of rotatable bonds is 2. The summed E-state index contributed by atoms with van der Waals surface area (Å²) in [5.74, 6) is 1.05. The van der Waals surface area contributed by atoms with Crippen LogP contribution in [0.25, 0.3) is 0 Å². The maximum absolute atomic E-state index is 4.49. The van der Waals surface area contributed by atoms with Gasteiger partial charge in [-0.05, 0) is 50.8 Å². The number of nitrogens with zero attached hydrogens (tertiary/aromatic N) is 2. The summed E-state index contributed by atoms with van der Waals surface area (Å²) in [7, 11) is 2.15. The maximum Gasteiger partial charge on any atom is 0.142 e. The first-order valence-corrected chi connectivity index (χ1v) is 7.31. The largest absolute Gasteiger partial charge is 0.356 e. The molecule has 0 atom stereocenters. The molecule has 0 saturated heterocycles. The van der Waals surface area contributed by atoms with Gasteiger partial charge in [-0.1, -0.05) is 19.3 Å². The van der Waals surface area contributed by atoms with Gasteiger partial charge in [0.15, 0.2) is 0 Å². The smallest absolute Gasteiger partial charge is 0.142 e. The molecule has 1 aliphatic rings. The van der Waals surface area contributed by atoms with E-state index in [1.54, 1.807) is 0 Å². The Morgan fingerprint density at radius 3 is 2.56 bits per heavy atom. The summed E-state index contributed by atoms with van der Waals surface area (Å²) in [4.78, 5) is 6.80. The average molecular weight is 348 g/mol. The van der Waals surface area contributed by atoms with Crippen molar-refractivity contribution in [1.29, 1.82) is 0 Å². The van der Waals surface area contributed by atoms with E-state index in [0.29, 0.717) is 6.04 Å². The van der Waals surface area contributed by atoms with E-state index in [-0.39, 0.29) is 0 Å². The van der Waals surface area contributed by atoms with Crippen LogP contribution in [0, 0.1) is 0 Å². The lowest BCUT2D eigenvalue weighted by molar-refractivity contribution is 0.425. The minimum atomic E-state index is 0.652. The van der Waals surface area contributed by atoms with Gasteiger partial charge in [-0.15, -0.1) is 0 Å². The van der Waals surface area contributed by atoms with Gasteiger partial charge < -0.3 is 4.90 Å². The standard InChI is InChI=1S/C12H16Br2N2/c1-16(10-5-3-2-4-6-10)12-11(14)7-9(13)8-15-12/h7-8,10H,2-6H2,1H3. The van der Waals surface area contributed by atoms with Gasteiger partial charge >= 0.3 is 0 Å². The second-order valence-corrected chi connectivity index (χ2v) is 6.13. The van der Waals surface area contributed by atoms with Crippen molar-refractivity contribution >= 4 is 37.7 Å². The Morgan fingerprint density at radius 2 is 1.94 bits per heavy atom. The predicted molar refractivity (Wildman–Crippen MR) is 74.9 cm³/mol. The predicted octanol–water partition coefficient (Wildman–Crippen LogP) is 4.38. The zero-order chi connectivity index (χ0) is 11.5. The molecule has 0 unspecified atom stereocenters. The van der Waals surface area contributed by atoms with Crippen LogP contribution in [-0.4, -0.2) is 18.1 Å². The third kappa shape index (κ3) is 2.77. The minimum Gasteiger partial charge on any atom is -0.356 e. The van der Waals surface area contributed by atoms with Crippen LogP contribution in [0.3, 0.4) is 0 Å². The Hall–Kier alpha value is -0.0900. The van der Waals surface area contributed by atoms with Crippen LogP contribution in [0.4, 0.5) is 5.82 Å². The van der Waals surface area contributed by atoms with Crippen molar-refractivity contribution in [2.75, 3.05) is 11.9 Å². The SMILES string of the molecule is CN(c1ncc(Br)cc1Br)C1CCCCC1. The Labute approximate surface area is 114 Å². The number of anilines is 1. The molecule has 1 aromatic rings. The topological polar surface area (TPSA) is 16.1 Å². The van der Waals surface area contributed by atoms with Crippen molar-refractivity contribution in [1.82, 2.24) is 4.98 Å². The quantitative estimate of drug-likeness (QED) is 0.789. The molecular weight excluding hydrogens is 332 g/mol. The molecule has 0 aliphatic heterocycles. The van der Waals surface area contributed by atoms with Crippen molar-refractivity contribution in [3.05, 3.63) is 21.2 Å². The Morgan fingerprint density at radius 1 is 1.25 bits per heavy atom. The molecule has 16 heavy (non-hydrogen) atoms. The first-order valence-electron chi connectivity index (χ1n) is 5.72. The lowest BCUT2D eigenvalue weighted by Crippen LogP contribution is -2.34. The zero-order valence-electron chi connectivity index (χ0n) is 9.42. The van der Waals surface area contributed by atoms with Gasteiger partial charge in [-0.3, -0.25) is 0 Å². The lowest BCUT2D eigenvalue weighted by Gasteiger charge is -2.32. The van der Waals surface area contributed by atoms with Gasteiger partial charge in [0.1, 0.15) is 5.82 Å². The average Bonchev–Trinajstić information content (AvgIpc) is 2.29.